The Balaban J connectivity index is 1.28. The molecule has 1 aromatic carbocycles. The molecule has 0 aliphatic carbocycles. The van der Waals surface area contributed by atoms with Gasteiger partial charge in [0.05, 0.1) is 12.7 Å². The summed E-state index contributed by atoms with van der Waals surface area (Å²) in [7, 11) is 1.73. The first-order chi connectivity index (χ1) is 15.6. The van der Waals surface area contributed by atoms with Crippen LogP contribution in [0.2, 0.25) is 0 Å². The van der Waals surface area contributed by atoms with Crippen molar-refractivity contribution in [3.63, 3.8) is 0 Å². The van der Waals surface area contributed by atoms with E-state index in [2.05, 4.69) is 35.9 Å². The molecule has 2 aliphatic rings. The second-order valence-corrected chi connectivity index (χ2v) is 8.84. The van der Waals surface area contributed by atoms with E-state index in [0.717, 1.165) is 44.0 Å². The summed E-state index contributed by atoms with van der Waals surface area (Å²) in [4.78, 5) is 22.2. The van der Waals surface area contributed by atoms with Crippen molar-refractivity contribution in [1.82, 2.24) is 19.4 Å². The quantitative estimate of drug-likeness (QED) is 0.624. The van der Waals surface area contributed by atoms with Crippen molar-refractivity contribution in [2.75, 3.05) is 26.7 Å². The van der Waals surface area contributed by atoms with Crippen molar-refractivity contribution in [2.45, 2.75) is 38.8 Å². The highest BCUT2D eigenvalue weighted by Gasteiger charge is 2.40. The van der Waals surface area contributed by atoms with Crippen LogP contribution in [0.5, 0.6) is 5.75 Å². The van der Waals surface area contributed by atoms with E-state index in [9.17, 15) is 4.79 Å². The van der Waals surface area contributed by atoms with E-state index in [0.29, 0.717) is 17.6 Å². The number of fused-ring (bicyclic) bond motifs is 1. The Bertz CT molecular complexity index is 1110. The highest BCUT2D eigenvalue weighted by Crippen LogP contribution is 2.41. The lowest BCUT2D eigenvalue weighted by Crippen LogP contribution is -2.52. The summed E-state index contributed by atoms with van der Waals surface area (Å²) in [6.45, 7) is 6.77. The van der Waals surface area contributed by atoms with Crippen LogP contribution in [0.4, 0.5) is 0 Å². The lowest BCUT2D eigenvalue weighted by Gasteiger charge is -2.40. The van der Waals surface area contributed by atoms with Crippen LogP contribution in [-0.4, -0.2) is 58.0 Å². The van der Waals surface area contributed by atoms with Crippen LogP contribution in [0.1, 0.15) is 45.9 Å². The number of aromatic nitrogens is 2. The van der Waals surface area contributed by atoms with E-state index in [-0.39, 0.29) is 5.91 Å². The van der Waals surface area contributed by atoms with Gasteiger partial charge in [-0.05, 0) is 73.7 Å². The number of carbonyl (C=O) groups excluding carboxylic acids is 1. The van der Waals surface area contributed by atoms with Crippen LogP contribution < -0.4 is 4.74 Å². The largest absolute Gasteiger partial charge is 0.496 e. The van der Waals surface area contributed by atoms with Crippen molar-refractivity contribution in [1.29, 1.82) is 0 Å². The third kappa shape index (κ3) is 3.58. The molecule has 1 unspecified atom stereocenters. The summed E-state index contributed by atoms with van der Waals surface area (Å²) >= 11 is 0. The van der Waals surface area contributed by atoms with E-state index in [1.54, 1.807) is 13.3 Å². The molecule has 0 N–H and O–H groups in total. The monoisotopic (exact) mass is 430 g/mol. The van der Waals surface area contributed by atoms with E-state index < -0.39 is 0 Å². The topological polar surface area (TPSA) is 50.6 Å². The van der Waals surface area contributed by atoms with Crippen LogP contribution >= 0.6 is 0 Å². The van der Waals surface area contributed by atoms with Crippen molar-refractivity contribution in [3.05, 3.63) is 77.2 Å². The van der Waals surface area contributed by atoms with E-state index in [4.69, 9.17) is 4.74 Å². The van der Waals surface area contributed by atoms with Gasteiger partial charge in [0, 0.05) is 50.3 Å². The number of amides is 1. The summed E-state index contributed by atoms with van der Waals surface area (Å²) in [5, 5.41) is 0. The Kier molecular flexibility index (Phi) is 5.47. The van der Waals surface area contributed by atoms with Crippen LogP contribution in [-0.2, 0) is 0 Å². The molecule has 2 atom stereocenters. The summed E-state index contributed by atoms with van der Waals surface area (Å²) in [6, 6.07) is 12.9. The second-order valence-electron chi connectivity index (χ2n) is 8.84. The molecule has 3 aromatic rings. The maximum absolute atomic E-state index is 13.2. The molecule has 2 fully saturated rings. The first-order valence-electron chi connectivity index (χ1n) is 11.4. The van der Waals surface area contributed by atoms with Gasteiger partial charge in [0.25, 0.3) is 5.91 Å². The minimum atomic E-state index is 0.0797. The Morgan fingerprint density at radius 2 is 1.84 bits per heavy atom. The highest BCUT2D eigenvalue weighted by molar-refractivity contribution is 5.94. The van der Waals surface area contributed by atoms with Gasteiger partial charge in [0.1, 0.15) is 11.6 Å². The third-order valence-corrected chi connectivity index (χ3v) is 7.21. The number of pyridine rings is 1. The normalized spacial score (nSPS) is 20.9. The summed E-state index contributed by atoms with van der Waals surface area (Å²) in [6.07, 6.45) is 7.85. The van der Waals surface area contributed by atoms with Crippen molar-refractivity contribution in [2.24, 2.45) is 0 Å². The second kappa shape index (κ2) is 8.43. The smallest absolute Gasteiger partial charge is 0.255 e. The number of carbonyl (C=O) groups is 1. The summed E-state index contributed by atoms with van der Waals surface area (Å²) in [5.74, 6) is 1.85. The fourth-order valence-electron chi connectivity index (χ4n) is 5.31. The molecular formula is C26H30N4O2. The Labute approximate surface area is 189 Å². The molecule has 2 aliphatic heterocycles. The number of hydrogen-bond acceptors (Lipinski definition) is 4. The molecule has 32 heavy (non-hydrogen) atoms. The summed E-state index contributed by atoms with van der Waals surface area (Å²) < 4.78 is 7.44. The van der Waals surface area contributed by atoms with Gasteiger partial charge in [-0.3, -0.25) is 9.69 Å². The van der Waals surface area contributed by atoms with Crippen LogP contribution in [0.15, 0.2) is 55.0 Å². The van der Waals surface area contributed by atoms with Gasteiger partial charge < -0.3 is 14.2 Å². The Hall–Kier alpha value is -3.12. The molecule has 2 aromatic heterocycles. The van der Waals surface area contributed by atoms with Crippen LogP contribution in [0, 0.1) is 13.8 Å². The number of methoxy groups -OCH3 is 1. The van der Waals surface area contributed by atoms with Gasteiger partial charge in [-0.1, -0.05) is 6.07 Å². The average molecular weight is 431 g/mol. The number of piperazine rings is 1. The number of nitrogens with zero attached hydrogens (tertiary/aromatic N) is 4. The average Bonchev–Trinajstić information content (AvgIpc) is 3.50. The van der Waals surface area contributed by atoms with E-state index in [1.807, 2.05) is 46.1 Å². The standard InChI is InChI=1S/C26H30N4O2/c1-18-19(2)24(32-3)10-8-22(18)23-9-7-21-17-29(14-15-30(21)23)26(31)20-6-11-25(27-16-20)28-12-4-5-13-28/h4-6,8,10-13,16,21,23H,7,9,14-15,17H2,1-3H3/t21-,23?/m0/s1. The fourth-order valence-corrected chi connectivity index (χ4v) is 5.31. The summed E-state index contributed by atoms with van der Waals surface area (Å²) in [5.41, 5.74) is 4.60. The molecule has 0 bridgehead atoms. The SMILES string of the molecule is COc1ccc(C2CC[C@H]3CN(C(=O)c4ccc(-n5cccc5)nc4)CCN23)c(C)c1C. The number of benzene rings is 1. The molecule has 1 amide bonds. The van der Waals surface area contributed by atoms with E-state index in [1.165, 1.54) is 16.7 Å². The fraction of sp³-hybridized carbons (Fsp3) is 0.385. The Morgan fingerprint density at radius 3 is 2.56 bits per heavy atom. The van der Waals surface area contributed by atoms with Gasteiger partial charge in [-0.25, -0.2) is 4.98 Å². The first-order valence-corrected chi connectivity index (χ1v) is 11.4. The van der Waals surface area contributed by atoms with Gasteiger partial charge in [0.15, 0.2) is 0 Å². The lowest BCUT2D eigenvalue weighted by molar-refractivity contribution is 0.0497. The molecule has 6 nitrogen and oxygen atoms in total. The predicted octanol–water partition coefficient (Wildman–Crippen LogP) is 4.16. The molecule has 2 saturated heterocycles. The third-order valence-electron chi connectivity index (χ3n) is 7.21. The first kappa shape index (κ1) is 20.8. The van der Waals surface area contributed by atoms with Gasteiger partial charge >= 0.3 is 0 Å². The zero-order valence-corrected chi connectivity index (χ0v) is 19.0. The van der Waals surface area contributed by atoms with Gasteiger partial charge in [-0.15, -0.1) is 0 Å². The Morgan fingerprint density at radius 1 is 1.03 bits per heavy atom. The number of rotatable bonds is 4. The van der Waals surface area contributed by atoms with Crippen LogP contribution in [0.25, 0.3) is 5.82 Å². The molecule has 166 valence electrons. The molecular weight excluding hydrogens is 400 g/mol. The maximum Gasteiger partial charge on any atom is 0.255 e. The molecule has 5 rings (SSSR count). The number of ether oxygens (including phenoxy) is 1. The maximum atomic E-state index is 13.2. The minimum Gasteiger partial charge on any atom is -0.496 e. The highest BCUT2D eigenvalue weighted by atomic mass is 16.5. The zero-order valence-electron chi connectivity index (χ0n) is 19.0. The van der Waals surface area contributed by atoms with Crippen molar-refractivity contribution < 1.29 is 9.53 Å². The minimum absolute atomic E-state index is 0.0797. The van der Waals surface area contributed by atoms with Crippen molar-refractivity contribution >= 4 is 5.91 Å². The van der Waals surface area contributed by atoms with Gasteiger partial charge in [-0.2, -0.15) is 0 Å². The molecule has 4 heterocycles. The lowest BCUT2D eigenvalue weighted by atomic mass is 9.95. The molecule has 0 saturated carbocycles. The van der Waals surface area contributed by atoms with E-state index >= 15 is 0 Å². The number of hydrogen-bond donors (Lipinski definition) is 0. The predicted molar refractivity (Wildman–Crippen MR) is 124 cm³/mol. The molecule has 0 radical (unpaired) electrons. The van der Waals surface area contributed by atoms with Gasteiger partial charge in [0.2, 0.25) is 0 Å². The zero-order chi connectivity index (χ0) is 22.2. The molecule has 0 spiro atoms. The molecule has 6 heteroatoms. The van der Waals surface area contributed by atoms with Crippen LogP contribution in [0.3, 0.4) is 0 Å². The van der Waals surface area contributed by atoms with Crippen molar-refractivity contribution in [3.8, 4) is 11.6 Å².